The molecule has 5 N–H and O–H groups in total. The second-order valence-electron chi connectivity index (χ2n) is 14.1. The first-order valence-electron chi connectivity index (χ1n) is 17.5. The Balaban J connectivity index is 0.730. The maximum atomic E-state index is 13.0. The molecule has 1 unspecified atom stereocenters. The molecule has 0 spiro atoms. The number of ether oxygens (including phenoxy) is 4. The van der Waals surface area contributed by atoms with E-state index in [1.165, 1.54) is 12.1 Å². The van der Waals surface area contributed by atoms with Crippen LogP contribution in [0, 0.1) is 10.8 Å². The van der Waals surface area contributed by atoms with Crippen LogP contribution < -0.4 is 25.8 Å². The molecule has 1 aromatic heterocycles. The molecule has 1 atom stereocenters. The summed E-state index contributed by atoms with van der Waals surface area (Å²) >= 11 is 0. The van der Waals surface area contributed by atoms with E-state index in [1.54, 1.807) is 36.4 Å². The van der Waals surface area contributed by atoms with E-state index in [2.05, 4.69) is 20.8 Å². The smallest absolute Gasteiger partial charge is 0.262 e. The number of fused-ring (bicyclic) bond motifs is 1. The summed E-state index contributed by atoms with van der Waals surface area (Å²) in [4.78, 5) is 62.8. The molecule has 53 heavy (non-hydrogen) atoms. The maximum absolute atomic E-state index is 13.0. The highest BCUT2D eigenvalue weighted by Crippen LogP contribution is 2.73. The average Bonchev–Trinajstić information content (AvgIpc) is 3.35. The zero-order chi connectivity index (χ0) is 37.2. The van der Waals surface area contributed by atoms with Crippen LogP contribution in [-0.4, -0.2) is 102 Å². The summed E-state index contributed by atoms with van der Waals surface area (Å²) < 4.78 is 22.8. The Morgan fingerprint density at radius 3 is 2.40 bits per heavy atom. The summed E-state index contributed by atoms with van der Waals surface area (Å²) in [6.07, 6.45) is 3.24. The first-order chi connectivity index (χ1) is 25.6. The minimum Gasteiger partial charge on any atom is -0.507 e. The molecule has 16 heteroatoms. The van der Waals surface area contributed by atoms with Crippen molar-refractivity contribution >= 4 is 35.4 Å². The number of aromatic nitrogens is 2. The molecule has 5 aliphatic rings. The number of phenols is 1. The van der Waals surface area contributed by atoms with Crippen LogP contribution in [0.25, 0.3) is 11.3 Å². The first-order valence-corrected chi connectivity index (χ1v) is 17.5. The molecule has 1 saturated heterocycles. The van der Waals surface area contributed by atoms with E-state index >= 15 is 0 Å². The highest BCUT2D eigenvalue weighted by molar-refractivity contribution is 6.23. The van der Waals surface area contributed by atoms with Crippen LogP contribution in [0.4, 0.5) is 5.82 Å². The van der Waals surface area contributed by atoms with Gasteiger partial charge in [0.05, 0.1) is 44.2 Å². The normalized spacial score (nSPS) is 22.8. The van der Waals surface area contributed by atoms with Crippen LogP contribution in [-0.2, 0) is 23.9 Å². The van der Waals surface area contributed by atoms with E-state index in [-0.39, 0.29) is 78.5 Å². The van der Waals surface area contributed by atoms with Gasteiger partial charge in [-0.05, 0) is 61.4 Å². The average molecular weight is 729 g/mol. The number of hydrogen-bond donors (Lipinski definition) is 4. The van der Waals surface area contributed by atoms with Gasteiger partial charge >= 0.3 is 0 Å². The van der Waals surface area contributed by atoms with E-state index in [9.17, 15) is 29.1 Å². The Morgan fingerprint density at radius 2 is 1.62 bits per heavy atom. The fraction of sp³-hybridized carbons (Fsp3) is 0.432. The van der Waals surface area contributed by atoms with Crippen LogP contribution in [0.5, 0.6) is 17.2 Å². The fourth-order valence-corrected chi connectivity index (χ4v) is 7.74. The van der Waals surface area contributed by atoms with Crippen LogP contribution >= 0.6 is 0 Å². The molecule has 3 heterocycles. The number of hydrogen-bond acceptors (Lipinski definition) is 13. The molecule has 2 aliphatic heterocycles. The molecule has 0 radical (unpaired) electrons. The summed E-state index contributed by atoms with van der Waals surface area (Å²) in [7, 11) is 0. The second-order valence-corrected chi connectivity index (χ2v) is 14.1. The number of aromatic hydroxyl groups is 1. The van der Waals surface area contributed by atoms with Gasteiger partial charge in [-0.2, -0.15) is 0 Å². The summed E-state index contributed by atoms with van der Waals surface area (Å²) in [5, 5.41) is 23.4. The Hall–Kier alpha value is -5.61. The number of nitrogens with one attached hydrogen (secondary N) is 2. The molecular weight excluding hydrogens is 688 g/mol. The number of para-hydroxylation sites is 1. The lowest BCUT2D eigenvalue weighted by Gasteiger charge is -2.70. The van der Waals surface area contributed by atoms with E-state index in [1.807, 2.05) is 0 Å². The van der Waals surface area contributed by atoms with E-state index in [0.717, 1.165) is 24.2 Å². The van der Waals surface area contributed by atoms with Crippen molar-refractivity contribution in [3.63, 3.8) is 0 Å². The molecule has 3 aromatic rings. The van der Waals surface area contributed by atoms with Crippen molar-refractivity contribution in [3.8, 4) is 28.5 Å². The Kier molecular flexibility index (Phi) is 9.98. The van der Waals surface area contributed by atoms with Crippen molar-refractivity contribution in [3.05, 3.63) is 59.7 Å². The number of piperidine rings is 1. The summed E-state index contributed by atoms with van der Waals surface area (Å²) in [6.45, 7) is 2.40. The zero-order valence-electron chi connectivity index (χ0n) is 28.9. The monoisotopic (exact) mass is 728 g/mol. The van der Waals surface area contributed by atoms with Gasteiger partial charge in [-0.15, -0.1) is 10.2 Å². The van der Waals surface area contributed by atoms with Crippen molar-refractivity contribution in [1.29, 1.82) is 0 Å². The van der Waals surface area contributed by atoms with Gasteiger partial charge in [0.2, 0.25) is 17.7 Å². The third-order valence-corrected chi connectivity index (χ3v) is 10.2. The van der Waals surface area contributed by atoms with Gasteiger partial charge < -0.3 is 35.1 Å². The highest BCUT2D eigenvalue weighted by Gasteiger charge is 2.67. The Labute approximate surface area is 304 Å². The summed E-state index contributed by atoms with van der Waals surface area (Å²) in [5.41, 5.74) is 7.50. The third kappa shape index (κ3) is 7.50. The first kappa shape index (κ1) is 35.8. The summed E-state index contributed by atoms with van der Waals surface area (Å²) in [6, 6.07) is 12.0. The predicted molar refractivity (Wildman–Crippen MR) is 186 cm³/mol. The number of nitrogens with zero attached hydrogens (tertiary/aromatic N) is 3. The minimum absolute atomic E-state index is 0.0504. The van der Waals surface area contributed by atoms with Crippen LogP contribution in [0.3, 0.4) is 0 Å². The molecular formula is C37H40N6O10. The lowest BCUT2D eigenvalue weighted by atomic mass is 9.35. The molecule has 5 amide bonds. The number of phenolic OH excluding ortho intramolecular Hbond substituents is 1. The maximum Gasteiger partial charge on any atom is 0.262 e. The number of carbonyl (C=O) groups is 5. The number of nitrogen functional groups attached to an aromatic ring is 1. The Bertz CT molecular complexity index is 1930. The van der Waals surface area contributed by atoms with Gasteiger partial charge in [0, 0.05) is 36.4 Å². The number of carbonyl (C=O) groups excluding carboxylic acids is 5. The SMILES string of the molecule is Nc1nnc(-c2ccccc2O)cc1OCC12CC(CNC(=O)CCOCCOCCOc3ccc4c(c3)C(=O)N(C3CCC(=O)NC3=O)C4=O)(C1)C2. The van der Waals surface area contributed by atoms with Crippen LogP contribution in [0.2, 0.25) is 0 Å². The number of nitrogens with two attached hydrogens (primary N) is 1. The lowest BCUT2D eigenvalue weighted by molar-refractivity contribution is -0.215. The molecule has 3 aliphatic carbocycles. The number of imide groups is 2. The van der Waals surface area contributed by atoms with Gasteiger partial charge in [0.25, 0.3) is 11.8 Å². The third-order valence-electron chi connectivity index (χ3n) is 10.2. The van der Waals surface area contributed by atoms with E-state index in [4.69, 9.17) is 24.7 Å². The van der Waals surface area contributed by atoms with Crippen molar-refractivity contribution < 1.29 is 48.0 Å². The molecule has 4 fully saturated rings. The topological polar surface area (TPSA) is 222 Å². The molecule has 2 aromatic carbocycles. The van der Waals surface area contributed by atoms with Gasteiger partial charge in [-0.3, -0.25) is 34.2 Å². The highest BCUT2D eigenvalue weighted by atomic mass is 16.5. The minimum atomic E-state index is -1.03. The van der Waals surface area contributed by atoms with Gasteiger partial charge in [0.15, 0.2) is 11.6 Å². The standard InChI is InChI=1S/C37H40N6O10/c38-32-29(16-26(41-42-32)24-3-1-2-4-28(24)44)53-21-37-17-36(18-37,19-37)20-39-30(45)9-10-50-11-12-51-13-14-52-22-5-6-23-25(15-22)35(49)43(34(23)48)27-7-8-31(46)40-33(27)47/h1-6,15-16,27,44H,7-14,17-21H2,(H2,38,42)(H,39,45)(H,40,46,47). The van der Waals surface area contributed by atoms with Crippen molar-refractivity contribution in [2.24, 2.45) is 10.8 Å². The molecule has 3 saturated carbocycles. The van der Waals surface area contributed by atoms with E-state index < -0.39 is 29.7 Å². The zero-order valence-corrected chi connectivity index (χ0v) is 28.9. The quantitative estimate of drug-likeness (QED) is 0.116. The number of anilines is 1. The lowest BCUT2D eigenvalue weighted by Crippen LogP contribution is -2.67. The van der Waals surface area contributed by atoms with Gasteiger partial charge in [-0.25, -0.2) is 0 Å². The van der Waals surface area contributed by atoms with E-state index in [0.29, 0.717) is 49.1 Å². The van der Waals surface area contributed by atoms with Crippen LogP contribution in [0.1, 0.15) is 59.2 Å². The largest absolute Gasteiger partial charge is 0.507 e. The number of amides is 5. The molecule has 8 rings (SSSR count). The predicted octanol–water partition coefficient (Wildman–Crippen LogP) is 2.00. The number of benzene rings is 2. The molecule has 278 valence electrons. The van der Waals surface area contributed by atoms with Crippen molar-refractivity contribution in [2.45, 2.75) is 44.6 Å². The van der Waals surface area contributed by atoms with Crippen molar-refractivity contribution in [1.82, 2.24) is 25.7 Å². The molecule has 16 nitrogen and oxygen atoms in total. The van der Waals surface area contributed by atoms with Crippen LogP contribution in [0.15, 0.2) is 48.5 Å². The fourth-order valence-electron chi connectivity index (χ4n) is 7.74. The van der Waals surface area contributed by atoms with Gasteiger partial charge in [-0.1, -0.05) is 12.1 Å². The van der Waals surface area contributed by atoms with Gasteiger partial charge in [0.1, 0.15) is 29.8 Å². The molecule has 2 bridgehead atoms. The second kappa shape index (κ2) is 14.8. The van der Waals surface area contributed by atoms with Crippen molar-refractivity contribution in [2.75, 3.05) is 51.9 Å². The summed E-state index contributed by atoms with van der Waals surface area (Å²) in [5.74, 6) is -1.26. The Morgan fingerprint density at radius 1 is 0.887 bits per heavy atom. The number of rotatable bonds is 17.